The van der Waals surface area contributed by atoms with Gasteiger partial charge in [0.25, 0.3) is 0 Å². The van der Waals surface area contributed by atoms with Crippen LogP contribution in [-0.4, -0.2) is 141 Å². The lowest BCUT2D eigenvalue weighted by molar-refractivity contribution is 0.310. The van der Waals surface area contributed by atoms with Crippen LogP contribution in [-0.2, 0) is 0 Å². The Morgan fingerprint density at radius 3 is 0.862 bits per heavy atom. The highest BCUT2D eigenvalue weighted by Crippen LogP contribution is 2.39. The predicted octanol–water partition coefficient (Wildman–Crippen LogP) is 15.6. The molecular weight excluding hydrogens is 1760 g/mol. The van der Waals surface area contributed by atoms with E-state index in [-0.39, 0.29) is 34.9 Å². The maximum Gasteiger partial charge on any atom is 0.199 e. The van der Waals surface area contributed by atoms with Crippen molar-refractivity contribution in [3.05, 3.63) is 308 Å². The lowest BCUT2D eigenvalue weighted by Gasteiger charge is -2.12. The Bertz CT molecular complexity index is 8690. The van der Waals surface area contributed by atoms with Gasteiger partial charge in [-0.1, -0.05) is 109 Å². The molecule has 0 radical (unpaired) electrons. The number of fused-ring (bicyclic) bond motifs is 6. The van der Waals surface area contributed by atoms with Crippen LogP contribution in [0, 0.1) is 34.0 Å². The largest absolute Gasteiger partial charge is 0.497 e. The second-order valence-corrected chi connectivity index (χ2v) is 29.6. The monoisotopic (exact) mass is 1830 g/mol. The first-order valence-corrected chi connectivity index (χ1v) is 41.5. The normalized spacial score (nSPS) is 10.9. The quantitative estimate of drug-likeness (QED) is 0.0555. The smallest absolute Gasteiger partial charge is 0.199 e. The lowest BCUT2D eigenvalue weighted by atomic mass is 10.2. The molecule has 0 saturated heterocycles. The number of nitrogen functional groups attached to an aromatic ring is 6. The molecule has 0 amide bonds. The van der Waals surface area contributed by atoms with Crippen molar-refractivity contribution in [2.24, 2.45) is 0 Å². The van der Waals surface area contributed by atoms with Crippen molar-refractivity contribution in [1.29, 1.82) is 15.8 Å². The van der Waals surface area contributed by atoms with E-state index in [1.807, 2.05) is 288 Å². The van der Waals surface area contributed by atoms with Crippen molar-refractivity contribution in [3.8, 4) is 139 Å². The van der Waals surface area contributed by atoms with Gasteiger partial charge in [0.15, 0.2) is 104 Å². The molecule has 24 aromatic rings. The van der Waals surface area contributed by atoms with Crippen LogP contribution >= 0.6 is 0 Å². The fourth-order valence-electron chi connectivity index (χ4n) is 15.2. The average Bonchev–Trinajstić information content (AvgIpc) is 1.61. The van der Waals surface area contributed by atoms with Crippen LogP contribution in [0.3, 0.4) is 0 Å². The van der Waals surface area contributed by atoms with E-state index in [2.05, 4.69) is 110 Å². The number of aromatic nitrogens is 24. The number of anilines is 6. The molecule has 24 rings (SSSR count). The van der Waals surface area contributed by atoms with E-state index in [4.69, 9.17) is 86.9 Å². The van der Waals surface area contributed by atoms with Gasteiger partial charge in [0.05, 0.1) is 133 Å². The van der Waals surface area contributed by atoms with Gasteiger partial charge < -0.3 is 48.6 Å². The minimum absolute atomic E-state index is 0.149. The van der Waals surface area contributed by atoms with Gasteiger partial charge in [-0.3, -0.25) is 27.4 Å². The molecule has 0 fully saturated rings. The number of para-hydroxylation sites is 15. The number of imidazole rings is 6. The summed E-state index contributed by atoms with van der Waals surface area (Å²) in [5, 5.41) is 72.5. The molecule has 0 atom stereocenters. The van der Waals surface area contributed by atoms with E-state index >= 15 is 0 Å². The number of ether oxygens (including phenoxy) is 3. The molecule has 0 unspecified atom stereocenters. The Labute approximate surface area is 776 Å². The third-order valence-corrected chi connectivity index (χ3v) is 21.4. The molecule has 42 nitrogen and oxygen atoms in total. The molecule has 0 aliphatic carbocycles. The molecule has 12 aromatic heterocycles. The van der Waals surface area contributed by atoms with Crippen LogP contribution in [0.2, 0.25) is 0 Å². The van der Waals surface area contributed by atoms with Crippen LogP contribution in [0.5, 0.6) is 17.2 Å². The molecule has 12 heterocycles. The van der Waals surface area contributed by atoms with E-state index in [0.29, 0.717) is 97.2 Å². The summed E-state index contributed by atoms with van der Waals surface area (Å²) in [6, 6.07) is 97.5. The highest BCUT2D eigenvalue weighted by atomic mass is 16.6. The Balaban J connectivity index is 0.000000106. The first-order valence-electron chi connectivity index (χ1n) is 41.5. The van der Waals surface area contributed by atoms with Crippen LogP contribution < -0.4 is 48.6 Å². The van der Waals surface area contributed by atoms with Gasteiger partial charge in [-0.15, -0.1) is 0 Å². The van der Waals surface area contributed by atoms with E-state index in [1.165, 1.54) is 0 Å². The fraction of sp³-hybridized carbons (Fsp3) is 0.0312. The second kappa shape index (κ2) is 38.0. The molecule has 672 valence electrons. The fourth-order valence-corrected chi connectivity index (χ4v) is 15.2. The molecule has 42 heteroatoms. The zero-order chi connectivity index (χ0) is 94.9. The summed E-state index contributed by atoms with van der Waals surface area (Å²) in [5.41, 5.74) is 54.2. The van der Waals surface area contributed by atoms with E-state index in [9.17, 15) is 5.26 Å². The number of nitrogens with two attached hydrogens (primary N) is 6. The summed E-state index contributed by atoms with van der Waals surface area (Å²) in [5.74, 6) is 6.55. The van der Waals surface area contributed by atoms with E-state index in [1.54, 1.807) is 51.7 Å². The van der Waals surface area contributed by atoms with E-state index < -0.39 is 0 Å². The number of hydrogen-bond acceptors (Lipinski definition) is 36. The van der Waals surface area contributed by atoms with Crippen LogP contribution in [0.15, 0.2) is 319 Å². The molecule has 138 heavy (non-hydrogen) atoms. The molecule has 0 spiro atoms. The van der Waals surface area contributed by atoms with Crippen molar-refractivity contribution in [3.63, 3.8) is 0 Å². The van der Waals surface area contributed by atoms with Gasteiger partial charge in [-0.05, 0) is 238 Å². The maximum absolute atomic E-state index is 9.41. The summed E-state index contributed by atoms with van der Waals surface area (Å²) in [6.45, 7) is 0. The summed E-state index contributed by atoms with van der Waals surface area (Å²) < 4.78 is 55.8. The summed E-state index contributed by atoms with van der Waals surface area (Å²) in [7, 11) is 4.89. The number of rotatable bonds is 15. The number of nitriles is 3. The Hall–Kier alpha value is -21.0. The zero-order valence-corrected chi connectivity index (χ0v) is 72.4. The van der Waals surface area contributed by atoms with E-state index in [0.717, 1.165) is 106 Å². The number of methoxy groups -OCH3 is 3. The predicted molar refractivity (Wildman–Crippen MR) is 506 cm³/mol. The van der Waals surface area contributed by atoms with Gasteiger partial charge in [0.1, 0.15) is 23.3 Å². The van der Waals surface area contributed by atoms with Gasteiger partial charge in [0.2, 0.25) is 0 Å². The number of benzene rings is 12. The van der Waals surface area contributed by atoms with Crippen molar-refractivity contribution >= 4 is 101 Å². The van der Waals surface area contributed by atoms with Crippen molar-refractivity contribution < 1.29 is 42.0 Å². The summed E-state index contributed by atoms with van der Waals surface area (Å²) in [4.78, 5) is 27.6. The average molecular weight is 1830 g/mol. The molecule has 0 bridgehead atoms. The molecule has 12 N–H and O–H groups in total. The standard InChI is InChI=1S/3C16H10N6O.3C16H13N5O2/c17-9-10-5-1-3-7-12(10)22-13-8-4-2-6-11(13)19-16(22)14-15(18)21-23-20-14;17-9-10-4-3-5-11(8-10)22-13-7-2-1-6-12(13)19-16(22)14-15(18)21-23-20-14;17-9-10-5-7-11(8-6-10)22-13-4-2-1-3-12(13)19-16(22)14-15(18)21-23-20-14;1-22-11-6-4-5-10(9-11)21-13-8-3-2-7-12(13)18-16(21)14-15(17)20-23-19-14;1-22-13-9-5-4-8-12(13)21-11-7-3-2-6-10(11)18-16(21)14-15(17)20-23-19-14;1-22-11-8-6-10(7-9-11)21-13-5-3-2-4-12(13)18-16(21)14-15(17)20-23-19-14/h3*1-8H,(H2,18,21);3*2-9H,1H3,(H2,17,20). The Kier molecular flexibility index (Phi) is 23.8. The van der Waals surface area contributed by atoms with Crippen LogP contribution in [0.4, 0.5) is 34.9 Å². The lowest BCUT2D eigenvalue weighted by Crippen LogP contribution is -2.02. The highest BCUT2D eigenvalue weighted by molar-refractivity contribution is 5.91. The van der Waals surface area contributed by atoms with Gasteiger partial charge in [0, 0.05) is 23.1 Å². The topological polar surface area (TPSA) is 596 Å². The minimum Gasteiger partial charge on any atom is -0.497 e. The molecule has 0 aliphatic heterocycles. The van der Waals surface area contributed by atoms with Gasteiger partial charge >= 0.3 is 0 Å². The van der Waals surface area contributed by atoms with Crippen LogP contribution in [0.25, 0.3) is 169 Å². The Morgan fingerprint density at radius 1 is 0.239 bits per heavy atom. The highest BCUT2D eigenvalue weighted by Gasteiger charge is 2.29. The SMILES string of the molecule is COc1ccc(-n2c(-c3nonc3N)nc3ccccc32)cc1.COc1cccc(-n2c(-c3nonc3N)nc3ccccc32)c1.COc1ccccc1-n1c(-c2nonc2N)nc2ccccc21.N#Cc1ccc(-n2c(-c3nonc3N)nc3ccccc32)cc1.N#Cc1cccc(-n2c(-c3nonc3N)nc3ccccc32)c1.N#Cc1ccccc1-n1c(-c2nonc2N)nc2ccccc21. The molecular formula is C96H69N33O9. The first kappa shape index (κ1) is 86.4. The summed E-state index contributed by atoms with van der Waals surface area (Å²) in [6.07, 6.45) is 0. The van der Waals surface area contributed by atoms with Crippen LogP contribution in [0.1, 0.15) is 16.7 Å². The van der Waals surface area contributed by atoms with Gasteiger partial charge in [-0.25, -0.2) is 57.7 Å². The minimum atomic E-state index is 0.149. The third kappa shape index (κ3) is 16.7. The molecule has 0 saturated carbocycles. The second-order valence-electron chi connectivity index (χ2n) is 29.6. The maximum atomic E-state index is 9.41. The molecule has 12 aromatic carbocycles. The van der Waals surface area contributed by atoms with Gasteiger partial charge in [-0.2, -0.15) is 15.8 Å². The summed E-state index contributed by atoms with van der Waals surface area (Å²) >= 11 is 0. The Morgan fingerprint density at radius 2 is 0.529 bits per heavy atom. The number of hydrogen-bond donors (Lipinski definition) is 6. The van der Waals surface area contributed by atoms with Crippen molar-refractivity contribution in [2.45, 2.75) is 0 Å². The zero-order valence-electron chi connectivity index (χ0n) is 72.4. The number of nitrogens with zero attached hydrogens (tertiary/aromatic N) is 27. The molecule has 0 aliphatic rings. The third-order valence-electron chi connectivity index (χ3n) is 21.4. The first-order chi connectivity index (χ1) is 67.7. The van der Waals surface area contributed by atoms with Crippen molar-refractivity contribution in [2.75, 3.05) is 55.7 Å². The van der Waals surface area contributed by atoms with Crippen molar-refractivity contribution in [1.82, 2.24) is 119 Å².